The molecule has 0 bridgehead atoms. The molecule has 1 aromatic carbocycles. The van der Waals surface area contributed by atoms with Crippen molar-refractivity contribution in [3.05, 3.63) is 29.6 Å². The molecule has 0 aliphatic carbocycles. The molecule has 1 unspecified atom stereocenters. The topological polar surface area (TPSA) is 43.8 Å². The Balaban J connectivity index is 2.32. The van der Waals surface area contributed by atoms with Gasteiger partial charge in [0.25, 0.3) is 0 Å². The number of fused-ring (bicyclic) bond motifs is 1. The number of imidazole rings is 1. The zero-order chi connectivity index (χ0) is 12.4. The SMILES string of the molecule is CCc1nc2ccc(CCC(C)N)cc2n1C. The Labute approximate surface area is 103 Å². The Morgan fingerprint density at radius 3 is 2.82 bits per heavy atom. The maximum atomic E-state index is 5.79. The molecule has 3 heteroatoms. The lowest BCUT2D eigenvalue weighted by molar-refractivity contribution is 0.666. The van der Waals surface area contributed by atoms with Gasteiger partial charge >= 0.3 is 0 Å². The number of nitrogens with two attached hydrogens (primary N) is 1. The van der Waals surface area contributed by atoms with E-state index in [-0.39, 0.29) is 6.04 Å². The van der Waals surface area contributed by atoms with E-state index < -0.39 is 0 Å². The molecule has 17 heavy (non-hydrogen) atoms. The van der Waals surface area contributed by atoms with Crippen molar-refractivity contribution in [1.82, 2.24) is 9.55 Å². The maximum absolute atomic E-state index is 5.79. The maximum Gasteiger partial charge on any atom is 0.109 e. The minimum atomic E-state index is 0.267. The molecule has 0 saturated carbocycles. The average Bonchev–Trinajstić information content (AvgIpc) is 2.63. The first-order valence-corrected chi connectivity index (χ1v) is 6.31. The lowest BCUT2D eigenvalue weighted by atomic mass is 10.1. The van der Waals surface area contributed by atoms with Crippen molar-refractivity contribution >= 4 is 11.0 Å². The van der Waals surface area contributed by atoms with Gasteiger partial charge in [-0.2, -0.15) is 0 Å². The molecule has 0 aliphatic heterocycles. The van der Waals surface area contributed by atoms with Gasteiger partial charge in [0.2, 0.25) is 0 Å². The van der Waals surface area contributed by atoms with E-state index in [2.05, 4.69) is 48.6 Å². The third kappa shape index (κ3) is 2.50. The lowest BCUT2D eigenvalue weighted by Crippen LogP contribution is -2.15. The van der Waals surface area contributed by atoms with Crippen molar-refractivity contribution in [1.29, 1.82) is 0 Å². The fourth-order valence-electron chi connectivity index (χ4n) is 2.15. The van der Waals surface area contributed by atoms with Crippen molar-refractivity contribution in [2.24, 2.45) is 12.8 Å². The summed E-state index contributed by atoms with van der Waals surface area (Å²) in [5.41, 5.74) is 9.46. The minimum Gasteiger partial charge on any atom is -0.331 e. The Kier molecular flexibility index (Phi) is 3.48. The van der Waals surface area contributed by atoms with Crippen LogP contribution in [0.5, 0.6) is 0 Å². The van der Waals surface area contributed by atoms with Crippen LogP contribution in [0.4, 0.5) is 0 Å². The van der Waals surface area contributed by atoms with Gasteiger partial charge in [-0.05, 0) is 37.5 Å². The number of benzene rings is 1. The summed E-state index contributed by atoms with van der Waals surface area (Å²) in [5, 5.41) is 0. The Morgan fingerprint density at radius 1 is 1.41 bits per heavy atom. The summed E-state index contributed by atoms with van der Waals surface area (Å²) in [5.74, 6) is 1.14. The van der Waals surface area contributed by atoms with Crippen molar-refractivity contribution in [3.63, 3.8) is 0 Å². The molecule has 92 valence electrons. The summed E-state index contributed by atoms with van der Waals surface area (Å²) < 4.78 is 2.19. The van der Waals surface area contributed by atoms with Crippen LogP contribution in [0.3, 0.4) is 0 Å². The number of hydrogen-bond donors (Lipinski definition) is 1. The zero-order valence-corrected chi connectivity index (χ0v) is 10.9. The number of aryl methyl sites for hydroxylation is 3. The van der Waals surface area contributed by atoms with Crippen molar-refractivity contribution in [2.75, 3.05) is 0 Å². The Hall–Kier alpha value is -1.35. The van der Waals surface area contributed by atoms with Crippen LogP contribution in [0, 0.1) is 0 Å². The standard InChI is InChI=1S/C14H21N3/c1-4-14-16-12-8-7-11(6-5-10(2)15)9-13(12)17(14)3/h7-10H,4-6,15H2,1-3H3. The van der Waals surface area contributed by atoms with Gasteiger partial charge in [0.15, 0.2) is 0 Å². The van der Waals surface area contributed by atoms with Gasteiger partial charge in [-0.3, -0.25) is 0 Å². The van der Waals surface area contributed by atoms with E-state index in [1.807, 2.05) is 0 Å². The molecule has 0 fully saturated rings. The van der Waals surface area contributed by atoms with Gasteiger partial charge in [-0.15, -0.1) is 0 Å². The molecule has 0 amide bonds. The highest BCUT2D eigenvalue weighted by Gasteiger charge is 2.06. The largest absolute Gasteiger partial charge is 0.331 e. The number of nitrogens with zero attached hydrogens (tertiary/aromatic N) is 2. The molecule has 0 spiro atoms. The first-order valence-electron chi connectivity index (χ1n) is 6.31. The highest BCUT2D eigenvalue weighted by atomic mass is 15.1. The van der Waals surface area contributed by atoms with Gasteiger partial charge in [0, 0.05) is 19.5 Å². The number of aromatic nitrogens is 2. The molecule has 0 radical (unpaired) electrons. The van der Waals surface area contributed by atoms with E-state index in [0.717, 1.165) is 30.6 Å². The van der Waals surface area contributed by atoms with E-state index >= 15 is 0 Å². The molecule has 2 rings (SSSR count). The molecule has 3 nitrogen and oxygen atoms in total. The first kappa shape index (κ1) is 12.1. The average molecular weight is 231 g/mol. The summed E-state index contributed by atoms with van der Waals surface area (Å²) >= 11 is 0. The van der Waals surface area contributed by atoms with Gasteiger partial charge in [0.1, 0.15) is 5.82 Å². The van der Waals surface area contributed by atoms with Crippen LogP contribution >= 0.6 is 0 Å². The molecular weight excluding hydrogens is 210 g/mol. The van der Waals surface area contributed by atoms with Crippen LogP contribution in [0.2, 0.25) is 0 Å². The number of rotatable bonds is 4. The predicted octanol–water partition coefficient (Wildman–Crippen LogP) is 2.42. The Morgan fingerprint density at radius 2 is 2.18 bits per heavy atom. The van der Waals surface area contributed by atoms with Crippen LogP contribution < -0.4 is 5.73 Å². The van der Waals surface area contributed by atoms with Crippen LogP contribution in [-0.4, -0.2) is 15.6 Å². The van der Waals surface area contributed by atoms with Crippen LogP contribution in [0.1, 0.15) is 31.7 Å². The monoisotopic (exact) mass is 231 g/mol. The van der Waals surface area contributed by atoms with Crippen LogP contribution in [-0.2, 0) is 19.9 Å². The van der Waals surface area contributed by atoms with Crippen LogP contribution in [0.25, 0.3) is 11.0 Å². The predicted molar refractivity (Wildman–Crippen MR) is 72.1 cm³/mol. The van der Waals surface area contributed by atoms with E-state index in [1.54, 1.807) is 0 Å². The molecule has 2 aromatic rings. The van der Waals surface area contributed by atoms with Crippen molar-refractivity contribution in [3.8, 4) is 0 Å². The molecule has 1 atom stereocenters. The molecule has 1 aromatic heterocycles. The normalized spacial score (nSPS) is 13.2. The van der Waals surface area contributed by atoms with Gasteiger partial charge in [-0.25, -0.2) is 4.98 Å². The van der Waals surface area contributed by atoms with E-state index in [4.69, 9.17) is 5.73 Å². The summed E-state index contributed by atoms with van der Waals surface area (Å²) in [6.07, 6.45) is 3.05. The Bertz CT molecular complexity index is 511. The molecule has 0 saturated heterocycles. The van der Waals surface area contributed by atoms with Gasteiger partial charge in [0.05, 0.1) is 11.0 Å². The second kappa shape index (κ2) is 4.88. The summed E-state index contributed by atoms with van der Waals surface area (Å²) in [6, 6.07) is 6.79. The molecule has 2 N–H and O–H groups in total. The smallest absolute Gasteiger partial charge is 0.109 e. The van der Waals surface area contributed by atoms with E-state index in [0.29, 0.717) is 0 Å². The minimum absolute atomic E-state index is 0.267. The second-order valence-corrected chi connectivity index (χ2v) is 4.78. The van der Waals surface area contributed by atoms with E-state index in [9.17, 15) is 0 Å². The zero-order valence-electron chi connectivity index (χ0n) is 10.9. The lowest BCUT2D eigenvalue weighted by Gasteiger charge is -2.05. The van der Waals surface area contributed by atoms with Gasteiger partial charge < -0.3 is 10.3 Å². The van der Waals surface area contributed by atoms with E-state index in [1.165, 1.54) is 11.1 Å². The quantitative estimate of drug-likeness (QED) is 0.878. The highest BCUT2D eigenvalue weighted by molar-refractivity contribution is 5.76. The summed E-state index contributed by atoms with van der Waals surface area (Å²) in [6.45, 7) is 4.19. The summed E-state index contributed by atoms with van der Waals surface area (Å²) in [7, 11) is 2.09. The third-order valence-electron chi connectivity index (χ3n) is 3.24. The second-order valence-electron chi connectivity index (χ2n) is 4.78. The van der Waals surface area contributed by atoms with Crippen LogP contribution in [0.15, 0.2) is 18.2 Å². The molecule has 0 aliphatic rings. The third-order valence-corrected chi connectivity index (χ3v) is 3.24. The fourth-order valence-corrected chi connectivity index (χ4v) is 2.15. The molecule has 1 heterocycles. The van der Waals surface area contributed by atoms with Crippen molar-refractivity contribution in [2.45, 2.75) is 39.2 Å². The first-order chi connectivity index (χ1) is 8.11. The fraction of sp³-hybridized carbons (Fsp3) is 0.500. The van der Waals surface area contributed by atoms with Crippen molar-refractivity contribution < 1.29 is 0 Å². The molecular formula is C14H21N3. The van der Waals surface area contributed by atoms with Gasteiger partial charge in [-0.1, -0.05) is 13.0 Å². The highest BCUT2D eigenvalue weighted by Crippen LogP contribution is 2.18. The summed E-state index contributed by atoms with van der Waals surface area (Å²) in [4.78, 5) is 4.61. The number of hydrogen-bond acceptors (Lipinski definition) is 2.